The summed E-state index contributed by atoms with van der Waals surface area (Å²) in [6.45, 7) is 3.77. The lowest BCUT2D eigenvalue weighted by Crippen LogP contribution is -2.45. The molecule has 2 aromatic carbocycles. The zero-order chi connectivity index (χ0) is 19.1. The molecule has 2 atom stereocenters. The molecule has 0 spiro atoms. The fourth-order valence-electron chi connectivity index (χ4n) is 2.55. The molecule has 0 bridgehead atoms. The minimum absolute atomic E-state index is 0.221. The van der Waals surface area contributed by atoms with Gasteiger partial charge in [0.05, 0.1) is 0 Å². The van der Waals surface area contributed by atoms with Crippen LogP contribution in [0.4, 0.5) is 13.6 Å². The van der Waals surface area contributed by atoms with E-state index in [1.54, 1.807) is 44.2 Å². The van der Waals surface area contributed by atoms with Gasteiger partial charge in [-0.2, -0.15) is 0 Å². The number of imide groups is 1. The molecule has 2 aromatic rings. The molecule has 26 heavy (non-hydrogen) atoms. The Labute approximate surface area is 150 Å². The van der Waals surface area contributed by atoms with Crippen LogP contribution in [0.3, 0.4) is 0 Å². The predicted octanol–water partition coefficient (Wildman–Crippen LogP) is 3.20. The van der Waals surface area contributed by atoms with E-state index in [9.17, 15) is 18.4 Å². The lowest BCUT2D eigenvalue weighted by atomic mass is 10.0. The Hall–Kier alpha value is -2.80. The highest BCUT2D eigenvalue weighted by Crippen LogP contribution is 2.22. The summed E-state index contributed by atoms with van der Waals surface area (Å²) in [7, 11) is 0. The van der Waals surface area contributed by atoms with E-state index < -0.39 is 35.7 Å². The fraction of sp³-hybridized carbons (Fsp3) is 0.263. The van der Waals surface area contributed by atoms with Gasteiger partial charge < -0.3 is 5.32 Å². The molecule has 0 fully saturated rings. The largest absolute Gasteiger partial charge is 0.338 e. The van der Waals surface area contributed by atoms with Crippen LogP contribution >= 0.6 is 0 Å². The Kier molecular flexibility index (Phi) is 6.80. The van der Waals surface area contributed by atoms with Gasteiger partial charge in [-0.25, -0.2) is 13.6 Å². The summed E-state index contributed by atoms with van der Waals surface area (Å²) >= 11 is 0. The summed E-state index contributed by atoms with van der Waals surface area (Å²) in [6, 6.07) is 9.94. The summed E-state index contributed by atoms with van der Waals surface area (Å²) in [4.78, 5) is 24.2. The highest BCUT2D eigenvalue weighted by molar-refractivity contribution is 5.97. The predicted molar refractivity (Wildman–Crippen MR) is 94.3 cm³/mol. The van der Waals surface area contributed by atoms with Crippen molar-refractivity contribution in [1.82, 2.24) is 16.0 Å². The van der Waals surface area contributed by atoms with E-state index in [4.69, 9.17) is 0 Å². The minimum atomic E-state index is -0.891. The number of hydrogen-bond acceptors (Lipinski definition) is 3. The van der Waals surface area contributed by atoms with Crippen molar-refractivity contribution >= 4 is 11.9 Å². The van der Waals surface area contributed by atoms with E-state index in [2.05, 4.69) is 16.0 Å². The van der Waals surface area contributed by atoms with Gasteiger partial charge in [-0.3, -0.25) is 15.4 Å². The first-order valence-corrected chi connectivity index (χ1v) is 8.27. The van der Waals surface area contributed by atoms with Gasteiger partial charge in [0.1, 0.15) is 17.7 Å². The third-order valence-electron chi connectivity index (χ3n) is 3.81. The van der Waals surface area contributed by atoms with Crippen LogP contribution in [0.2, 0.25) is 0 Å². The van der Waals surface area contributed by atoms with E-state index >= 15 is 0 Å². The SMILES string of the molecule is CCNC(=O)NC(=O)[C@H](N[C@@H](C)c1ccc(F)cc1F)c1ccccc1. The zero-order valence-electron chi connectivity index (χ0n) is 14.6. The van der Waals surface area contributed by atoms with Crippen LogP contribution in [0.1, 0.15) is 37.1 Å². The highest BCUT2D eigenvalue weighted by Gasteiger charge is 2.25. The number of urea groups is 1. The molecular formula is C19H21F2N3O2. The molecule has 3 N–H and O–H groups in total. The van der Waals surface area contributed by atoms with Gasteiger partial charge in [-0.05, 0) is 25.5 Å². The van der Waals surface area contributed by atoms with E-state index in [0.717, 1.165) is 12.1 Å². The standard InChI is InChI=1S/C19H21F2N3O2/c1-3-22-19(26)24-18(25)17(13-7-5-4-6-8-13)23-12(2)15-10-9-14(20)11-16(15)21/h4-12,17,23H,3H2,1-2H3,(H2,22,24,25,26)/t12-,17+/m0/s1. The molecule has 7 heteroatoms. The molecular weight excluding hydrogens is 340 g/mol. The minimum Gasteiger partial charge on any atom is -0.338 e. The molecule has 0 aliphatic heterocycles. The van der Waals surface area contributed by atoms with Crippen LogP contribution in [-0.2, 0) is 4.79 Å². The Balaban J connectivity index is 2.23. The molecule has 0 aliphatic rings. The monoisotopic (exact) mass is 361 g/mol. The summed E-state index contributed by atoms with van der Waals surface area (Å²) in [5, 5.41) is 7.74. The quantitative estimate of drug-likeness (QED) is 0.740. The maximum atomic E-state index is 14.0. The van der Waals surface area contributed by atoms with Crippen molar-refractivity contribution in [2.45, 2.75) is 25.9 Å². The summed E-state index contributed by atoms with van der Waals surface area (Å²) in [6.07, 6.45) is 0. The zero-order valence-corrected chi connectivity index (χ0v) is 14.6. The van der Waals surface area contributed by atoms with Crippen molar-refractivity contribution in [3.05, 3.63) is 71.3 Å². The van der Waals surface area contributed by atoms with E-state index in [1.807, 2.05) is 0 Å². The Morgan fingerprint density at radius 3 is 2.38 bits per heavy atom. The number of carbonyl (C=O) groups is 2. The molecule has 0 aromatic heterocycles. The van der Waals surface area contributed by atoms with Gasteiger partial charge in [-0.1, -0.05) is 36.4 Å². The van der Waals surface area contributed by atoms with E-state index in [-0.39, 0.29) is 5.56 Å². The van der Waals surface area contributed by atoms with E-state index in [1.165, 1.54) is 6.07 Å². The number of amides is 3. The first-order chi connectivity index (χ1) is 12.4. The van der Waals surface area contributed by atoms with Gasteiger partial charge in [0, 0.05) is 24.2 Å². The van der Waals surface area contributed by atoms with Crippen molar-refractivity contribution < 1.29 is 18.4 Å². The van der Waals surface area contributed by atoms with Crippen molar-refractivity contribution in [3.8, 4) is 0 Å². The Morgan fingerprint density at radius 2 is 1.77 bits per heavy atom. The maximum absolute atomic E-state index is 14.0. The molecule has 0 radical (unpaired) electrons. The molecule has 0 unspecified atom stereocenters. The first-order valence-electron chi connectivity index (χ1n) is 8.27. The molecule has 0 saturated carbocycles. The second-order valence-corrected chi connectivity index (χ2v) is 5.75. The Morgan fingerprint density at radius 1 is 1.08 bits per heavy atom. The number of rotatable bonds is 6. The van der Waals surface area contributed by atoms with Crippen LogP contribution < -0.4 is 16.0 Å². The van der Waals surface area contributed by atoms with Crippen molar-refractivity contribution in [1.29, 1.82) is 0 Å². The maximum Gasteiger partial charge on any atom is 0.321 e. The number of halogens is 2. The topological polar surface area (TPSA) is 70.2 Å². The van der Waals surface area contributed by atoms with Crippen LogP contribution in [0, 0.1) is 11.6 Å². The molecule has 0 heterocycles. The second-order valence-electron chi connectivity index (χ2n) is 5.75. The van der Waals surface area contributed by atoms with Gasteiger partial charge in [0.15, 0.2) is 0 Å². The van der Waals surface area contributed by atoms with E-state index in [0.29, 0.717) is 12.1 Å². The van der Waals surface area contributed by atoms with Gasteiger partial charge in [0.2, 0.25) is 5.91 Å². The van der Waals surface area contributed by atoms with Crippen molar-refractivity contribution in [3.63, 3.8) is 0 Å². The molecule has 3 amide bonds. The number of hydrogen-bond donors (Lipinski definition) is 3. The molecule has 138 valence electrons. The highest BCUT2D eigenvalue weighted by atomic mass is 19.1. The Bertz CT molecular complexity index is 769. The average Bonchev–Trinajstić information content (AvgIpc) is 2.60. The summed E-state index contributed by atoms with van der Waals surface area (Å²) < 4.78 is 27.1. The summed E-state index contributed by atoms with van der Waals surface area (Å²) in [5.74, 6) is -1.95. The normalized spacial score (nSPS) is 12.9. The third kappa shape index (κ3) is 5.10. The first kappa shape index (κ1) is 19.5. The average molecular weight is 361 g/mol. The van der Waals surface area contributed by atoms with Crippen molar-refractivity contribution in [2.24, 2.45) is 0 Å². The third-order valence-corrected chi connectivity index (χ3v) is 3.81. The lowest BCUT2D eigenvalue weighted by molar-refractivity contribution is -0.122. The number of carbonyl (C=O) groups excluding carboxylic acids is 2. The second kappa shape index (κ2) is 9.05. The van der Waals surface area contributed by atoms with Gasteiger partial charge >= 0.3 is 6.03 Å². The molecule has 0 aliphatic carbocycles. The van der Waals surface area contributed by atoms with Crippen LogP contribution in [0.5, 0.6) is 0 Å². The van der Waals surface area contributed by atoms with Crippen LogP contribution in [-0.4, -0.2) is 18.5 Å². The molecule has 5 nitrogen and oxygen atoms in total. The molecule has 2 rings (SSSR count). The number of benzene rings is 2. The van der Waals surface area contributed by atoms with Crippen LogP contribution in [0.25, 0.3) is 0 Å². The smallest absolute Gasteiger partial charge is 0.321 e. The lowest BCUT2D eigenvalue weighted by Gasteiger charge is -2.23. The van der Waals surface area contributed by atoms with Crippen LogP contribution in [0.15, 0.2) is 48.5 Å². The summed E-state index contributed by atoms with van der Waals surface area (Å²) in [5.41, 5.74) is 0.835. The molecule has 0 saturated heterocycles. The van der Waals surface area contributed by atoms with Gasteiger partial charge in [0.25, 0.3) is 0 Å². The fourth-order valence-corrected chi connectivity index (χ4v) is 2.55. The number of nitrogens with one attached hydrogen (secondary N) is 3. The van der Waals surface area contributed by atoms with Gasteiger partial charge in [-0.15, -0.1) is 0 Å². The van der Waals surface area contributed by atoms with Crippen molar-refractivity contribution in [2.75, 3.05) is 6.54 Å².